The molecule has 0 aromatic heterocycles. The van der Waals surface area contributed by atoms with Gasteiger partial charge < -0.3 is 15.2 Å². The number of rotatable bonds is 5. The van der Waals surface area contributed by atoms with Crippen molar-refractivity contribution in [3.8, 4) is 0 Å². The highest BCUT2D eigenvalue weighted by Crippen LogP contribution is 2.28. The van der Waals surface area contributed by atoms with Gasteiger partial charge in [-0.25, -0.2) is 4.79 Å². The summed E-state index contributed by atoms with van der Waals surface area (Å²) in [5, 5.41) is 12.4. The van der Waals surface area contributed by atoms with Crippen LogP contribution in [0.3, 0.4) is 0 Å². The molecule has 98 valence electrons. The minimum absolute atomic E-state index is 0.598. The molecule has 2 rings (SSSR count). The number of carboxylic acid groups (broad SMARTS) is 1. The van der Waals surface area contributed by atoms with Gasteiger partial charge in [0.2, 0.25) is 0 Å². The summed E-state index contributed by atoms with van der Waals surface area (Å²) in [7, 11) is 1.39. The van der Waals surface area contributed by atoms with Crippen molar-refractivity contribution in [3.05, 3.63) is 60.2 Å². The van der Waals surface area contributed by atoms with Crippen LogP contribution >= 0.6 is 0 Å². The van der Waals surface area contributed by atoms with Crippen LogP contribution < -0.4 is 5.32 Å². The molecule has 0 bridgehead atoms. The van der Waals surface area contributed by atoms with Crippen molar-refractivity contribution in [2.24, 2.45) is 0 Å². The van der Waals surface area contributed by atoms with Gasteiger partial charge >= 0.3 is 5.97 Å². The van der Waals surface area contributed by atoms with E-state index in [2.05, 4.69) is 5.32 Å². The molecule has 0 saturated heterocycles. The van der Waals surface area contributed by atoms with Crippen LogP contribution in [0.25, 0.3) is 0 Å². The average molecular weight is 257 g/mol. The molecule has 19 heavy (non-hydrogen) atoms. The number of hydrogen-bond acceptors (Lipinski definition) is 3. The fourth-order valence-electron chi connectivity index (χ4n) is 1.88. The number of anilines is 2. The van der Waals surface area contributed by atoms with Crippen molar-refractivity contribution in [2.75, 3.05) is 12.4 Å². The van der Waals surface area contributed by atoms with Crippen LogP contribution in [0.2, 0.25) is 0 Å². The Balaban J connectivity index is 2.33. The Hall–Kier alpha value is -2.33. The molecule has 2 aromatic carbocycles. The third-order valence-corrected chi connectivity index (χ3v) is 2.76. The Morgan fingerprint density at radius 1 is 1.11 bits per heavy atom. The van der Waals surface area contributed by atoms with Gasteiger partial charge in [0.1, 0.15) is 0 Å². The van der Waals surface area contributed by atoms with E-state index in [0.29, 0.717) is 5.56 Å². The van der Waals surface area contributed by atoms with Crippen LogP contribution in [-0.4, -0.2) is 18.2 Å². The van der Waals surface area contributed by atoms with E-state index in [4.69, 9.17) is 9.84 Å². The topological polar surface area (TPSA) is 58.6 Å². The summed E-state index contributed by atoms with van der Waals surface area (Å²) in [5.41, 5.74) is 2.22. The van der Waals surface area contributed by atoms with Crippen LogP contribution in [0.15, 0.2) is 54.6 Å². The number of aliphatic carboxylic acids is 1. The molecule has 0 aliphatic heterocycles. The lowest BCUT2D eigenvalue weighted by atomic mass is 10.1. The molecule has 0 radical (unpaired) electrons. The first kappa shape index (κ1) is 13.1. The molecule has 4 heteroatoms. The summed E-state index contributed by atoms with van der Waals surface area (Å²) in [4.78, 5) is 11.2. The summed E-state index contributed by atoms with van der Waals surface area (Å²) in [6, 6.07) is 16.8. The molecule has 0 aliphatic rings. The zero-order valence-electron chi connectivity index (χ0n) is 10.5. The summed E-state index contributed by atoms with van der Waals surface area (Å²) >= 11 is 0. The molecule has 1 atom stereocenters. The van der Waals surface area contributed by atoms with E-state index in [0.717, 1.165) is 11.4 Å². The molecule has 0 spiro atoms. The lowest BCUT2D eigenvalue weighted by Gasteiger charge is -2.16. The van der Waals surface area contributed by atoms with E-state index in [1.807, 2.05) is 42.5 Å². The second-order valence-corrected chi connectivity index (χ2v) is 4.03. The second kappa shape index (κ2) is 6.02. The Bertz CT molecular complexity index is 554. The van der Waals surface area contributed by atoms with E-state index in [9.17, 15) is 4.79 Å². The van der Waals surface area contributed by atoms with Crippen molar-refractivity contribution < 1.29 is 14.6 Å². The Labute approximate surface area is 111 Å². The molecule has 4 nitrogen and oxygen atoms in total. The molecule has 0 heterocycles. The number of ether oxygens (including phenoxy) is 1. The maximum Gasteiger partial charge on any atom is 0.337 e. The van der Waals surface area contributed by atoms with Crippen molar-refractivity contribution in [1.29, 1.82) is 0 Å². The largest absolute Gasteiger partial charge is 0.479 e. The molecule has 2 N–H and O–H groups in total. The van der Waals surface area contributed by atoms with E-state index >= 15 is 0 Å². The number of para-hydroxylation sites is 2. The van der Waals surface area contributed by atoms with Crippen LogP contribution in [0, 0.1) is 0 Å². The number of nitrogens with one attached hydrogen (secondary N) is 1. The quantitative estimate of drug-likeness (QED) is 0.863. The molecular formula is C15H15NO3. The van der Waals surface area contributed by atoms with Crippen LogP contribution in [-0.2, 0) is 9.53 Å². The van der Waals surface area contributed by atoms with Gasteiger partial charge in [-0.3, -0.25) is 0 Å². The molecule has 0 amide bonds. The van der Waals surface area contributed by atoms with Gasteiger partial charge in [0.25, 0.3) is 0 Å². The lowest BCUT2D eigenvalue weighted by molar-refractivity contribution is -0.148. The van der Waals surface area contributed by atoms with E-state index in [1.165, 1.54) is 7.11 Å². The second-order valence-electron chi connectivity index (χ2n) is 4.03. The van der Waals surface area contributed by atoms with Gasteiger partial charge in [-0.1, -0.05) is 36.4 Å². The van der Waals surface area contributed by atoms with Gasteiger partial charge in [0.05, 0.1) is 0 Å². The fourth-order valence-corrected chi connectivity index (χ4v) is 1.88. The van der Waals surface area contributed by atoms with Crippen LogP contribution in [0.4, 0.5) is 11.4 Å². The maximum absolute atomic E-state index is 11.2. The van der Waals surface area contributed by atoms with Gasteiger partial charge in [0.15, 0.2) is 6.10 Å². The van der Waals surface area contributed by atoms with Crippen molar-refractivity contribution >= 4 is 17.3 Å². The van der Waals surface area contributed by atoms with E-state index < -0.39 is 12.1 Å². The summed E-state index contributed by atoms with van der Waals surface area (Å²) in [5.74, 6) is -1.01. The molecule has 0 saturated carbocycles. The highest BCUT2D eigenvalue weighted by Gasteiger charge is 2.21. The molecule has 1 unspecified atom stereocenters. The predicted molar refractivity (Wildman–Crippen MR) is 73.6 cm³/mol. The van der Waals surface area contributed by atoms with Crippen molar-refractivity contribution in [3.63, 3.8) is 0 Å². The predicted octanol–water partition coefficient (Wildman–Crippen LogP) is 3.20. The first-order valence-electron chi connectivity index (χ1n) is 5.89. The normalized spacial score (nSPS) is 11.8. The summed E-state index contributed by atoms with van der Waals surface area (Å²) in [6.07, 6.45) is -0.979. The SMILES string of the molecule is COC(C(=O)O)c1ccccc1Nc1ccccc1. The van der Waals surface area contributed by atoms with Gasteiger partial charge in [-0.05, 0) is 18.2 Å². The van der Waals surface area contributed by atoms with Gasteiger partial charge in [-0.15, -0.1) is 0 Å². The van der Waals surface area contributed by atoms with E-state index in [-0.39, 0.29) is 0 Å². The zero-order chi connectivity index (χ0) is 13.7. The van der Waals surface area contributed by atoms with E-state index in [1.54, 1.807) is 12.1 Å². The zero-order valence-corrected chi connectivity index (χ0v) is 10.5. The standard InChI is InChI=1S/C15H15NO3/c1-19-14(15(17)18)12-9-5-6-10-13(12)16-11-7-3-2-4-8-11/h2-10,14,16H,1H3,(H,17,18). The number of benzene rings is 2. The minimum atomic E-state index is -1.01. The first-order chi connectivity index (χ1) is 9.22. The highest BCUT2D eigenvalue weighted by atomic mass is 16.5. The monoisotopic (exact) mass is 257 g/mol. The van der Waals surface area contributed by atoms with Crippen molar-refractivity contribution in [2.45, 2.75) is 6.10 Å². The van der Waals surface area contributed by atoms with Crippen LogP contribution in [0.1, 0.15) is 11.7 Å². The smallest absolute Gasteiger partial charge is 0.337 e. The van der Waals surface area contributed by atoms with Crippen LogP contribution in [0.5, 0.6) is 0 Å². The molecule has 0 aliphatic carbocycles. The number of carboxylic acids is 1. The molecule has 0 fully saturated rings. The minimum Gasteiger partial charge on any atom is -0.479 e. The number of hydrogen-bond donors (Lipinski definition) is 2. The Kier molecular flexibility index (Phi) is 4.15. The summed E-state index contributed by atoms with van der Waals surface area (Å²) < 4.78 is 5.04. The van der Waals surface area contributed by atoms with Gasteiger partial charge in [0, 0.05) is 24.0 Å². The molecule has 2 aromatic rings. The first-order valence-corrected chi connectivity index (χ1v) is 5.89. The number of carbonyl (C=O) groups is 1. The molecular weight excluding hydrogens is 242 g/mol. The van der Waals surface area contributed by atoms with Gasteiger partial charge in [-0.2, -0.15) is 0 Å². The summed E-state index contributed by atoms with van der Waals surface area (Å²) in [6.45, 7) is 0. The maximum atomic E-state index is 11.2. The fraction of sp³-hybridized carbons (Fsp3) is 0.133. The lowest BCUT2D eigenvalue weighted by Crippen LogP contribution is -2.15. The van der Waals surface area contributed by atoms with Crippen molar-refractivity contribution in [1.82, 2.24) is 0 Å². The Morgan fingerprint density at radius 3 is 2.37 bits per heavy atom. The highest BCUT2D eigenvalue weighted by molar-refractivity contribution is 5.78. The number of methoxy groups -OCH3 is 1. The Morgan fingerprint density at radius 2 is 1.74 bits per heavy atom. The average Bonchev–Trinajstić information content (AvgIpc) is 2.42. The third-order valence-electron chi connectivity index (χ3n) is 2.76. The third kappa shape index (κ3) is 3.11.